The van der Waals surface area contributed by atoms with Gasteiger partial charge in [0.05, 0.1) is 6.61 Å². The fourth-order valence-corrected chi connectivity index (χ4v) is 7.49. The van der Waals surface area contributed by atoms with Crippen molar-refractivity contribution in [2.75, 3.05) is 6.61 Å². The zero-order valence-corrected chi connectivity index (χ0v) is 34.4. The lowest BCUT2D eigenvalue weighted by Gasteiger charge is -2.06. The predicted octanol–water partition coefficient (Wildman–Crippen LogP) is 17.3. The second-order valence-corrected chi connectivity index (χ2v) is 16.1. The summed E-state index contributed by atoms with van der Waals surface area (Å²) in [5, 5.41) is 0. The largest absolute Gasteiger partial charge is 0.466 e. The lowest BCUT2D eigenvalue weighted by Crippen LogP contribution is -2.05. The molecule has 0 saturated carbocycles. The zero-order valence-electron chi connectivity index (χ0n) is 34.4. The third kappa shape index (κ3) is 45.4. The minimum absolute atomic E-state index is 0.0301. The molecule has 0 aliphatic carbocycles. The average molecular weight is 691 g/mol. The molecule has 0 atom stereocenters. The summed E-state index contributed by atoms with van der Waals surface area (Å²) in [5.74, 6) is 0.0301. The Bertz CT molecular complexity index is 587. The van der Waals surface area contributed by atoms with Crippen molar-refractivity contribution in [3.05, 3.63) is 0 Å². The molecule has 0 aliphatic heterocycles. The van der Waals surface area contributed by atoms with E-state index < -0.39 is 0 Å². The first kappa shape index (κ1) is 48.5. The molecule has 0 fully saturated rings. The topological polar surface area (TPSA) is 26.3 Å². The van der Waals surface area contributed by atoms with Gasteiger partial charge in [0.25, 0.3) is 0 Å². The fraction of sp³-hybridized carbons (Fsp3) is 0.979. The van der Waals surface area contributed by atoms with Gasteiger partial charge in [-0.15, -0.1) is 0 Å². The molecular formula is C47H94O2. The molecule has 0 heterocycles. The SMILES string of the molecule is CCCCCCCCCCCCCCCCCCCCCCCCCCCCCCCCOC(=O)CCCCCCCCCCCCCC. The van der Waals surface area contributed by atoms with Gasteiger partial charge in [-0.2, -0.15) is 0 Å². The molecular weight excluding hydrogens is 597 g/mol. The lowest BCUT2D eigenvalue weighted by molar-refractivity contribution is -0.143. The number of carbonyl (C=O) groups excluding carboxylic acids is 1. The summed E-state index contributed by atoms with van der Waals surface area (Å²) in [6, 6.07) is 0. The quantitative estimate of drug-likeness (QED) is 0.0470. The van der Waals surface area contributed by atoms with Gasteiger partial charge < -0.3 is 4.74 Å². The lowest BCUT2D eigenvalue weighted by atomic mass is 10.0. The number of rotatable bonds is 44. The molecule has 0 unspecified atom stereocenters. The molecule has 0 rings (SSSR count). The van der Waals surface area contributed by atoms with Gasteiger partial charge in [0.15, 0.2) is 0 Å². The third-order valence-corrected chi connectivity index (χ3v) is 11.0. The van der Waals surface area contributed by atoms with Gasteiger partial charge in [0, 0.05) is 6.42 Å². The molecule has 0 aromatic heterocycles. The number of carbonyl (C=O) groups is 1. The Morgan fingerprint density at radius 2 is 0.449 bits per heavy atom. The molecule has 0 N–H and O–H groups in total. The van der Waals surface area contributed by atoms with Crippen LogP contribution in [-0.2, 0) is 9.53 Å². The molecule has 0 aliphatic rings. The van der Waals surface area contributed by atoms with Gasteiger partial charge in [0.2, 0.25) is 0 Å². The molecule has 0 bridgehead atoms. The van der Waals surface area contributed by atoms with E-state index in [1.165, 1.54) is 257 Å². The van der Waals surface area contributed by atoms with Gasteiger partial charge in [-0.3, -0.25) is 4.79 Å². The van der Waals surface area contributed by atoms with E-state index in [0.29, 0.717) is 13.0 Å². The number of hydrogen-bond donors (Lipinski definition) is 0. The van der Waals surface area contributed by atoms with Crippen molar-refractivity contribution in [3.63, 3.8) is 0 Å². The molecule has 49 heavy (non-hydrogen) atoms. The molecule has 294 valence electrons. The van der Waals surface area contributed by atoms with Crippen LogP contribution in [0.1, 0.15) is 290 Å². The monoisotopic (exact) mass is 691 g/mol. The molecule has 0 amide bonds. The van der Waals surface area contributed by atoms with Crippen LogP contribution in [0.25, 0.3) is 0 Å². The highest BCUT2D eigenvalue weighted by molar-refractivity contribution is 5.69. The average Bonchev–Trinajstić information content (AvgIpc) is 3.11. The van der Waals surface area contributed by atoms with Crippen molar-refractivity contribution in [2.24, 2.45) is 0 Å². The normalized spacial score (nSPS) is 11.5. The van der Waals surface area contributed by atoms with Crippen molar-refractivity contribution in [1.82, 2.24) is 0 Å². The molecule has 0 aromatic rings. The standard InChI is InChI=1S/C47H94O2/c1-3-5-7-9-11-13-15-17-18-19-20-21-22-23-24-25-26-27-28-29-30-31-32-33-34-36-38-40-42-44-46-49-47(48)45-43-41-39-37-35-16-14-12-10-8-6-4-2/h3-46H2,1-2H3. The molecule has 0 saturated heterocycles. The highest BCUT2D eigenvalue weighted by Gasteiger charge is 2.03. The van der Waals surface area contributed by atoms with Crippen molar-refractivity contribution in [1.29, 1.82) is 0 Å². The second kappa shape index (κ2) is 45.5. The van der Waals surface area contributed by atoms with Crippen LogP contribution in [0.3, 0.4) is 0 Å². The Kier molecular flexibility index (Phi) is 45.0. The summed E-state index contributed by atoms with van der Waals surface area (Å²) in [6.07, 6.45) is 59.5. The summed E-state index contributed by atoms with van der Waals surface area (Å²) in [6.45, 7) is 5.23. The fourth-order valence-electron chi connectivity index (χ4n) is 7.49. The van der Waals surface area contributed by atoms with Crippen molar-refractivity contribution in [2.45, 2.75) is 290 Å². The Hall–Kier alpha value is -0.530. The van der Waals surface area contributed by atoms with Crippen LogP contribution in [-0.4, -0.2) is 12.6 Å². The molecule has 0 radical (unpaired) electrons. The first-order valence-electron chi connectivity index (χ1n) is 23.5. The van der Waals surface area contributed by atoms with E-state index in [9.17, 15) is 4.79 Å². The van der Waals surface area contributed by atoms with Crippen LogP contribution in [0.5, 0.6) is 0 Å². The maximum Gasteiger partial charge on any atom is 0.305 e. The van der Waals surface area contributed by atoms with Crippen molar-refractivity contribution < 1.29 is 9.53 Å². The van der Waals surface area contributed by atoms with Crippen LogP contribution in [0.2, 0.25) is 0 Å². The number of esters is 1. The highest BCUT2D eigenvalue weighted by Crippen LogP contribution is 2.17. The van der Waals surface area contributed by atoms with Gasteiger partial charge >= 0.3 is 5.97 Å². The maximum atomic E-state index is 12.0. The summed E-state index contributed by atoms with van der Waals surface area (Å²) < 4.78 is 5.47. The first-order valence-corrected chi connectivity index (χ1v) is 23.5. The van der Waals surface area contributed by atoms with Gasteiger partial charge in [-0.25, -0.2) is 0 Å². The first-order chi connectivity index (χ1) is 24.3. The van der Waals surface area contributed by atoms with Crippen LogP contribution < -0.4 is 0 Å². The third-order valence-electron chi connectivity index (χ3n) is 11.0. The Morgan fingerprint density at radius 3 is 0.673 bits per heavy atom. The summed E-state index contributed by atoms with van der Waals surface area (Å²) in [5.41, 5.74) is 0. The van der Waals surface area contributed by atoms with E-state index in [4.69, 9.17) is 4.74 Å². The molecule has 0 spiro atoms. The van der Waals surface area contributed by atoms with Gasteiger partial charge in [-0.1, -0.05) is 271 Å². The summed E-state index contributed by atoms with van der Waals surface area (Å²) in [4.78, 5) is 12.0. The minimum atomic E-state index is 0.0301. The second-order valence-electron chi connectivity index (χ2n) is 16.1. The Balaban J connectivity index is 3.12. The Labute approximate surface area is 311 Å². The Morgan fingerprint density at radius 1 is 0.265 bits per heavy atom. The number of unbranched alkanes of at least 4 members (excludes halogenated alkanes) is 40. The van der Waals surface area contributed by atoms with Crippen LogP contribution in [0.4, 0.5) is 0 Å². The molecule has 0 aromatic carbocycles. The summed E-state index contributed by atoms with van der Waals surface area (Å²) >= 11 is 0. The van der Waals surface area contributed by atoms with E-state index in [2.05, 4.69) is 13.8 Å². The minimum Gasteiger partial charge on any atom is -0.466 e. The summed E-state index contributed by atoms with van der Waals surface area (Å²) in [7, 11) is 0. The van der Waals surface area contributed by atoms with E-state index >= 15 is 0 Å². The smallest absolute Gasteiger partial charge is 0.305 e. The number of ether oxygens (including phenoxy) is 1. The van der Waals surface area contributed by atoms with Gasteiger partial charge in [0.1, 0.15) is 0 Å². The number of hydrogen-bond acceptors (Lipinski definition) is 2. The van der Waals surface area contributed by atoms with Crippen LogP contribution in [0, 0.1) is 0 Å². The zero-order chi connectivity index (χ0) is 35.4. The van der Waals surface area contributed by atoms with Crippen LogP contribution >= 0.6 is 0 Å². The molecule has 2 heteroatoms. The van der Waals surface area contributed by atoms with Gasteiger partial charge in [-0.05, 0) is 12.8 Å². The highest BCUT2D eigenvalue weighted by atomic mass is 16.5. The van der Waals surface area contributed by atoms with E-state index in [1.807, 2.05) is 0 Å². The van der Waals surface area contributed by atoms with E-state index in [1.54, 1.807) is 0 Å². The molecule has 2 nitrogen and oxygen atoms in total. The van der Waals surface area contributed by atoms with Crippen LogP contribution in [0.15, 0.2) is 0 Å². The maximum absolute atomic E-state index is 12.0. The van der Waals surface area contributed by atoms with Crippen molar-refractivity contribution >= 4 is 5.97 Å². The van der Waals surface area contributed by atoms with E-state index in [0.717, 1.165) is 12.8 Å². The van der Waals surface area contributed by atoms with Crippen molar-refractivity contribution in [3.8, 4) is 0 Å². The van der Waals surface area contributed by atoms with E-state index in [-0.39, 0.29) is 5.97 Å². The predicted molar refractivity (Wildman–Crippen MR) is 221 cm³/mol.